The highest BCUT2D eigenvalue weighted by Crippen LogP contribution is 2.28. The Morgan fingerprint density at radius 2 is 2.00 bits per heavy atom. The van der Waals surface area contributed by atoms with Crippen molar-refractivity contribution < 1.29 is 18.3 Å². The summed E-state index contributed by atoms with van der Waals surface area (Å²) >= 11 is 0. The van der Waals surface area contributed by atoms with Gasteiger partial charge in [-0.2, -0.15) is 0 Å². The van der Waals surface area contributed by atoms with Crippen LogP contribution >= 0.6 is 0 Å². The van der Waals surface area contributed by atoms with Crippen LogP contribution in [0.5, 0.6) is 0 Å². The van der Waals surface area contributed by atoms with Crippen molar-refractivity contribution in [3.63, 3.8) is 0 Å². The van der Waals surface area contributed by atoms with E-state index in [0.29, 0.717) is 25.9 Å². The third-order valence-electron chi connectivity index (χ3n) is 2.92. The van der Waals surface area contributed by atoms with Crippen LogP contribution in [0.2, 0.25) is 0 Å². The van der Waals surface area contributed by atoms with Crippen LogP contribution < -0.4 is 4.72 Å². The van der Waals surface area contributed by atoms with E-state index in [1.807, 2.05) is 0 Å². The molecule has 6 heteroatoms. The number of hydrogen-bond acceptors (Lipinski definition) is 4. The van der Waals surface area contributed by atoms with Gasteiger partial charge in [-0.3, -0.25) is 0 Å². The fourth-order valence-corrected chi connectivity index (χ4v) is 3.05. The van der Waals surface area contributed by atoms with E-state index in [-0.39, 0.29) is 12.3 Å². The molecule has 1 aliphatic rings. The third kappa shape index (κ3) is 4.78. The first kappa shape index (κ1) is 13.9. The lowest BCUT2D eigenvalue weighted by molar-refractivity contribution is 0.0531. The number of methoxy groups -OCH3 is 1. The molecule has 0 aliphatic heterocycles. The van der Waals surface area contributed by atoms with Crippen molar-refractivity contribution in [2.45, 2.75) is 37.7 Å². The van der Waals surface area contributed by atoms with E-state index in [9.17, 15) is 13.5 Å². The van der Waals surface area contributed by atoms with Gasteiger partial charge in [0.2, 0.25) is 10.0 Å². The number of ether oxygens (including phenoxy) is 1. The molecule has 1 fully saturated rings. The summed E-state index contributed by atoms with van der Waals surface area (Å²) in [6, 6.07) is 0. The summed E-state index contributed by atoms with van der Waals surface area (Å²) in [5.41, 5.74) is -0.825. The smallest absolute Gasteiger partial charge is 0.211 e. The Morgan fingerprint density at radius 1 is 1.38 bits per heavy atom. The molecule has 0 bridgehead atoms. The van der Waals surface area contributed by atoms with Crippen molar-refractivity contribution in [3.05, 3.63) is 0 Å². The Morgan fingerprint density at radius 3 is 2.56 bits per heavy atom. The Balaban J connectivity index is 2.30. The van der Waals surface area contributed by atoms with Crippen LogP contribution in [0.25, 0.3) is 0 Å². The quantitative estimate of drug-likeness (QED) is 0.636. The Kier molecular flexibility index (Phi) is 5.17. The largest absolute Gasteiger partial charge is 0.389 e. The van der Waals surface area contributed by atoms with Gasteiger partial charge in [0, 0.05) is 20.3 Å². The van der Waals surface area contributed by atoms with E-state index >= 15 is 0 Å². The number of aliphatic hydroxyl groups is 1. The van der Waals surface area contributed by atoms with Crippen LogP contribution in [-0.4, -0.2) is 45.1 Å². The molecule has 0 aromatic heterocycles. The summed E-state index contributed by atoms with van der Waals surface area (Å²) < 4.78 is 30.3. The highest BCUT2D eigenvalue weighted by Gasteiger charge is 2.32. The van der Waals surface area contributed by atoms with Gasteiger partial charge in [-0.15, -0.1) is 0 Å². The molecule has 96 valence electrons. The van der Waals surface area contributed by atoms with Gasteiger partial charge >= 0.3 is 0 Å². The lowest BCUT2D eigenvalue weighted by Crippen LogP contribution is -2.41. The van der Waals surface area contributed by atoms with E-state index in [1.165, 1.54) is 0 Å². The van der Waals surface area contributed by atoms with E-state index < -0.39 is 15.6 Å². The van der Waals surface area contributed by atoms with Crippen molar-refractivity contribution in [3.8, 4) is 0 Å². The zero-order chi connectivity index (χ0) is 12.1. The van der Waals surface area contributed by atoms with Crippen LogP contribution in [0.4, 0.5) is 0 Å². The van der Waals surface area contributed by atoms with Gasteiger partial charge in [0.05, 0.1) is 11.4 Å². The maximum absolute atomic E-state index is 11.5. The average molecular weight is 251 g/mol. The van der Waals surface area contributed by atoms with Crippen LogP contribution in [0, 0.1) is 0 Å². The first-order valence-corrected chi connectivity index (χ1v) is 7.31. The topological polar surface area (TPSA) is 75.6 Å². The molecule has 0 amide bonds. The molecule has 0 aromatic carbocycles. The number of sulfonamides is 1. The lowest BCUT2D eigenvalue weighted by Gasteiger charge is -2.22. The second-order valence-corrected chi connectivity index (χ2v) is 6.34. The van der Waals surface area contributed by atoms with Crippen molar-refractivity contribution in [1.29, 1.82) is 0 Å². The second kappa shape index (κ2) is 5.95. The summed E-state index contributed by atoms with van der Waals surface area (Å²) in [6.07, 6.45) is 3.80. The van der Waals surface area contributed by atoms with Crippen LogP contribution in [0.1, 0.15) is 32.1 Å². The molecule has 5 nitrogen and oxygen atoms in total. The molecule has 2 N–H and O–H groups in total. The summed E-state index contributed by atoms with van der Waals surface area (Å²) in [5.74, 6) is 0.0525. The van der Waals surface area contributed by atoms with Gasteiger partial charge in [-0.05, 0) is 19.3 Å². The van der Waals surface area contributed by atoms with Gasteiger partial charge < -0.3 is 9.84 Å². The minimum atomic E-state index is -3.27. The molecule has 0 aromatic rings. The van der Waals surface area contributed by atoms with Crippen molar-refractivity contribution >= 4 is 10.0 Å². The summed E-state index contributed by atoms with van der Waals surface area (Å²) in [6.45, 7) is 0.577. The van der Waals surface area contributed by atoms with Crippen LogP contribution in [0.3, 0.4) is 0 Å². The van der Waals surface area contributed by atoms with Gasteiger partial charge in [0.15, 0.2) is 0 Å². The summed E-state index contributed by atoms with van der Waals surface area (Å²) in [5, 5.41) is 9.97. The fourth-order valence-electron chi connectivity index (χ4n) is 1.92. The molecule has 0 spiro atoms. The maximum atomic E-state index is 11.5. The first-order valence-electron chi connectivity index (χ1n) is 5.66. The van der Waals surface area contributed by atoms with Crippen molar-refractivity contribution in [2.24, 2.45) is 0 Å². The number of hydrogen-bond donors (Lipinski definition) is 2. The fraction of sp³-hybridized carbons (Fsp3) is 1.00. The molecule has 0 radical (unpaired) electrons. The Labute approximate surface area is 97.2 Å². The van der Waals surface area contributed by atoms with E-state index in [0.717, 1.165) is 12.8 Å². The van der Waals surface area contributed by atoms with E-state index in [2.05, 4.69) is 4.72 Å². The third-order valence-corrected chi connectivity index (χ3v) is 4.33. The first-order chi connectivity index (χ1) is 7.47. The predicted molar refractivity (Wildman–Crippen MR) is 61.7 cm³/mol. The molecule has 16 heavy (non-hydrogen) atoms. The minimum absolute atomic E-state index is 0.0525. The Bertz CT molecular complexity index is 296. The molecule has 0 unspecified atom stereocenters. The summed E-state index contributed by atoms with van der Waals surface area (Å²) in [7, 11) is -1.73. The zero-order valence-corrected chi connectivity index (χ0v) is 10.6. The van der Waals surface area contributed by atoms with Crippen molar-refractivity contribution in [2.75, 3.05) is 26.0 Å². The highest BCUT2D eigenvalue weighted by molar-refractivity contribution is 7.89. The molecular weight excluding hydrogens is 230 g/mol. The summed E-state index contributed by atoms with van der Waals surface area (Å²) in [4.78, 5) is 0. The highest BCUT2D eigenvalue weighted by atomic mass is 32.2. The predicted octanol–water partition coefficient (Wildman–Crippen LogP) is 0.247. The van der Waals surface area contributed by atoms with Gasteiger partial charge in [0.25, 0.3) is 0 Å². The van der Waals surface area contributed by atoms with Gasteiger partial charge in [0.1, 0.15) is 0 Å². The minimum Gasteiger partial charge on any atom is -0.389 e. The molecular formula is C10H21NO4S. The van der Waals surface area contributed by atoms with Crippen molar-refractivity contribution in [1.82, 2.24) is 4.72 Å². The average Bonchev–Trinajstić information content (AvgIpc) is 2.64. The van der Waals surface area contributed by atoms with Crippen LogP contribution in [0.15, 0.2) is 0 Å². The zero-order valence-electron chi connectivity index (χ0n) is 9.74. The number of rotatable bonds is 7. The lowest BCUT2D eigenvalue weighted by atomic mass is 10.0. The maximum Gasteiger partial charge on any atom is 0.211 e. The molecule has 0 heterocycles. The standard InChI is InChI=1S/C10H21NO4S/c1-15-7-4-8-16(13,14)11-9-10(12)5-2-3-6-10/h11-12H,2-9H2,1H3. The van der Waals surface area contributed by atoms with Crippen LogP contribution in [-0.2, 0) is 14.8 Å². The molecule has 1 aliphatic carbocycles. The molecule has 0 saturated heterocycles. The molecule has 1 saturated carbocycles. The number of nitrogens with one attached hydrogen (secondary N) is 1. The SMILES string of the molecule is COCCCS(=O)(=O)NCC1(O)CCCC1. The van der Waals surface area contributed by atoms with Gasteiger partial charge in [-0.25, -0.2) is 13.1 Å². The monoisotopic (exact) mass is 251 g/mol. The Hall–Kier alpha value is -0.170. The van der Waals surface area contributed by atoms with Gasteiger partial charge in [-0.1, -0.05) is 12.8 Å². The van der Waals surface area contributed by atoms with E-state index in [1.54, 1.807) is 7.11 Å². The molecule has 1 rings (SSSR count). The second-order valence-electron chi connectivity index (χ2n) is 4.42. The normalized spacial score (nSPS) is 20.1. The van der Waals surface area contributed by atoms with E-state index in [4.69, 9.17) is 4.74 Å². The molecule has 0 atom stereocenters.